The third kappa shape index (κ3) is 2.61. The molecule has 0 aromatic heterocycles. The summed E-state index contributed by atoms with van der Waals surface area (Å²) >= 11 is 7.68. The molecule has 0 bridgehead atoms. The van der Waals surface area contributed by atoms with E-state index in [1.54, 1.807) is 0 Å². The van der Waals surface area contributed by atoms with Crippen molar-refractivity contribution in [1.29, 1.82) is 0 Å². The Balaban J connectivity index is 2.22. The van der Waals surface area contributed by atoms with E-state index in [-0.39, 0.29) is 5.91 Å². The van der Waals surface area contributed by atoms with Crippen LogP contribution in [0.2, 0.25) is 0 Å². The highest BCUT2D eigenvalue weighted by Gasteiger charge is 2.20. The summed E-state index contributed by atoms with van der Waals surface area (Å²) in [6, 6.07) is 5.57. The molecule has 4 heteroatoms. The Hall–Kier alpha value is -0.480. The maximum atomic E-state index is 12.2. The van der Waals surface area contributed by atoms with Crippen LogP contribution in [-0.2, 0) is 0 Å². The van der Waals surface area contributed by atoms with E-state index >= 15 is 0 Å². The first-order chi connectivity index (χ1) is 7.68. The van der Waals surface area contributed by atoms with Crippen molar-refractivity contribution in [3.05, 3.63) is 28.2 Å². The Bertz CT molecular complexity index is 402. The smallest absolute Gasteiger partial charge is 0.255 e. The molecule has 1 aromatic carbocycles. The van der Waals surface area contributed by atoms with Crippen LogP contribution in [0.3, 0.4) is 0 Å². The maximum absolute atomic E-state index is 12.2. The number of nitrogens with zero attached hydrogens (tertiary/aromatic N) is 1. The van der Waals surface area contributed by atoms with Gasteiger partial charge in [0.1, 0.15) is 0 Å². The SMILES string of the molecule is O=C(c1cc(S)ccc1Br)N1CCCCC1. The van der Waals surface area contributed by atoms with Crippen LogP contribution in [0.1, 0.15) is 29.6 Å². The molecule has 0 atom stereocenters. The monoisotopic (exact) mass is 299 g/mol. The number of benzene rings is 1. The minimum absolute atomic E-state index is 0.113. The van der Waals surface area contributed by atoms with E-state index < -0.39 is 0 Å². The normalized spacial score (nSPS) is 16.2. The molecule has 0 N–H and O–H groups in total. The first-order valence-corrected chi connectivity index (χ1v) is 6.70. The number of rotatable bonds is 1. The van der Waals surface area contributed by atoms with Crippen molar-refractivity contribution in [3.63, 3.8) is 0 Å². The Morgan fingerprint density at radius 2 is 1.94 bits per heavy atom. The van der Waals surface area contributed by atoms with Gasteiger partial charge in [0.05, 0.1) is 5.56 Å². The second-order valence-electron chi connectivity index (χ2n) is 4.02. The van der Waals surface area contributed by atoms with E-state index in [1.165, 1.54) is 6.42 Å². The lowest BCUT2D eigenvalue weighted by Crippen LogP contribution is -2.35. The molecule has 16 heavy (non-hydrogen) atoms. The van der Waals surface area contributed by atoms with Crippen molar-refractivity contribution in [1.82, 2.24) is 4.90 Å². The molecular formula is C12H14BrNOS. The van der Waals surface area contributed by atoms with Crippen LogP contribution in [0, 0.1) is 0 Å². The van der Waals surface area contributed by atoms with Gasteiger partial charge in [0, 0.05) is 22.5 Å². The summed E-state index contributed by atoms with van der Waals surface area (Å²) < 4.78 is 0.848. The van der Waals surface area contributed by atoms with Crippen molar-refractivity contribution in [2.75, 3.05) is 13.1 Å². The number of hydrogen-bond acceptors (Lipinski definition) is 2. The molecule has 1 amide bonds. The highest BCUT2D eigenvalue weighted by Crippen LogP contribution is 2.23. The summed E-state index contributed by atoms with van der Waals surface area (Å²) in [5, 5.41) is 0. The van der Waals surface area contributed by atoms with E-state index in [1.807, 2.05) is 23.1 Å². The Morgan fingerprint density at radius 1 is 1.25 bits per heavy atom. The molecule has 0 spiro atoms. The molecular weight excluding hydrogens is 286 g/mol. The largest absolute Gasteiger partial charge is 0.339 e. The van der Waals surface area contributed by atoms with Crippen LogP contribution in [0.5, 0.6) is 0 Å². The molecule has 0 unspecified atom stereocenters. The fraction of sp³-hybridized carbons (Fsp3) is 0.417. The lowest BCUT2D eigenvalue weighted by atomic mass is 10.1. The summed E-state index contributed by atoms with van der Waals surface area (Å²) in [6.45, 7) is 1.75. The molecule has 0 radical (unpaired) electrons. The van der Waals surface area contributed by atoms with Gasteiger partial charge in [0.2, 0.25) is 0 Å². The minimum Gasteiger partial charge on any atom is -0.339 e. The first kappa shape index (κ1) is 12.0. The van der Waals surface area contributed by atoms with Gasteiger partial charge in [0.25, 0.3) is 5.91 Å². The van der Waals surface area contributed by atoms with Gasteiger partial charge >= 0.3 is 0 Å². The van der Waals surface area contributed by atoms with Crippen molar-refractivity contribution >= 4 is 34.5 Å². The molecule has 1 aliphatic heterocycles. The average molecular weight is 300 g/mol. The van der Waals surface area contributed by atoms with Crippen LogP contribution in [-0.4, -0.2) is 23.9 Å². The summed E-state index contributed by atoms with van der Waals surface area (Å²) in [5.41, 5.74) is 0.717. The van der Waals surface area contributed by atoms with Gasteiger partial charge in [-0.2, -0.15) is 0 Å². The van der Waals surface area contributed by atoms with Gasteiger partial charge in [-0.3, -0.25) is 4.79 Å². The van der Waals surface area contributed by atoms with E-state index in [4.69, 9.17) is 0 Å². The van der Waals surface area contributed by atoms with E-state index in [9.17, 15) is 4.79 Å². The van der Waals surface area contributed by atoms with Gasteiger partial charge in [-0.15, -0.1) is 12.6 Å². The molecule has 1 saturated heterocycles. The Labute approximate surface area is 110 Å². The number of thiol groups is 1. The number of likely N-dealkylation sites (tertiary alicyclic amines) is 1. The number of amides is 1. The van der Waals surface area contributed by atoms with Crippen LogP contribution >= 0.6 is 28.6 Å². The maximum Gasteiger partial charge on any atom is 0.255 e. The molecule has 2 rings (SSSR count). The number of halogens is 1. The number of piperidine rings is 1. The molecule has 2 nitrogen and oxygen atoms in total. The zero-order valence-electron chi connectivity index (χ0n) is 8.95. The second-order valence-corrected chi connectivity index (χ2v) is 5.39. The fourth-order valence-electron chi connectivity index (χ4n) is 1.94. The van der Waals surface area contributed by atoms with Crippen LogP contribution in [0.15, 0.2) is 27.6 Å². The topological polar surface area (TPSA) is 20.3 Å². The number of hydrogen-bond donors (Lipinski definition) is 1. The molecule has 86 valence electrons. The molecule has 1 aromatic rings. The summed E-state index contributed by atoms with van der Waals surface area (Å²) in [5.74, 6) is 0.113. The van der Waals surface area contributed by atoms with Gasteiger partial charge < -0.3 is 4.90 Å². The quantitative estimate of drug-likeness (QED) is 0.789. The third-order valence-corrected chi connectivity index (χ3v) is 3.79. The summed E-state index contributed by atoms with van der Waals surface area (Å²) in [6.07, 6.45) is 3.46. The lowest BCUT2D eigenvalue weighted by molar-refractivity contribution is 0.0723. The minimum atomic E-state index is 0.113. The number of carbonyl (C=O) groups excluding carboxylic acids is 1. The Morgan fingerprint density at radius 3 is 2.62 bits per heavy atom. The highest BCUT2D eigenvalue weighted by molar-refractivity contribution is 9.10. The third-order valence-electron chi connectivity index (χ3n) is 2.82. The van der Waals surface area contributed by atoms with E-state index in [2.05, 4.69) is 28.6 Å². The van der Waals surface area contributed by atoms with Crippen LogP contribution in [0.25, 0.3) is 0 Å². The van der Waals surface area contributed by atoms with Crippen molar-refractivity contribution in [2.24, 2.45) is 0 Å². The number of carbonyl (C=O) groups is 1. The Kier molecular flexibility index (Phi) is 3.92. The average Bonchev–Trinajstić information content (AvgIpc) is 2.32. The second kappa shape index (κ2) is 5.23. The highest BCUT2D eigenvalue weighted by atomic mass is 79.9. The zero-order valence-corrected chi connectivity index (χ0v) is 11.4. The molecule has 0 aliphatic carbocycles. The standard InChI is InChI=1S/C12H14BrNOS/c13-11-5-4-9(16)8-10(11)12(15)14-6-2-1-3-7-14/h4-5,8,16H,1-3,6-7H2. The molecule has 1 fully saturated rings. The van der Waals surface area contributed by atoms with E-state index in [0.717, 1.165) is 40.9 Å². The summed E-state index contributed by atoms with van der Waals surface area (Å²) in [4.78, 5) is 15.0. The molecule has 1 heterocycles. The van der Waals surface area contributed by atoms with Crippen LogP contribution < -0.4 is 0 Å². The first-order valence-electron chi connectivity index (χ1n) is 5.46. The van der Waals surface area contributed by atoms with Gasteiger partial charge in [-0.1, -0.05) is 0 Å². The van der Waals surface area contributed by atoms with Crippen molar-refractivity contribution < 1.29 is 4.79 Å². The van der Waals surface area contributed by atoms with Crippen LogP contribution in [0.4, 0.5) is 0 Å². The zero-order chi connectivity index (χ0) is 11.5. The van der Waals surface area contributed by atoms with Gasteiger partial charge in [-0.25, -0.2) is 0 Å². The molecule has 0 saturated carbocycles. The van der Waals surface area contributed by atoms with Crippen molar-refractivity contribution in [2.45, 2.75) is 24.2 Å². The predicted molar refractivity (Wildman–Crippen MR) is 71.1 cm³/mol. The van der Waals surface area contributed by atoms with E-state index in [0.29, 0.717) is 0 Å². The van der Waals surface area contributed by atoms with Gasteiger partial charge in [0.15, 0.2) is 0 Å². The predicted octanol–water partition coefficient (Wildman–Crippen LogP) is 3.36. The lowest BCUT2D eigenvalue weighted by Gasteiger charge is -2.27. The fourth-order valence-corrected chi connectivity index (χ4v) is 2.56. The van der Waals surface area contributed by atoms with Gasteiger partial charge in [-0.05, 0) is 53.4 Å². The molecule has 1 aliphatic rings. The summed E-state index contributed by atoms with van der Waals surface area (Å²) in [7, 11) is 0. The van der Waals surface area contributed by atoms with Crippen molar-refractivity contribution in [3.8, 4) is 0 Å².